The number of unbranched alkanes of at least 4 members (excludes halogenated alkanes) is 6. The van der Waals surface area contributed by atoms with E-state index in [1.807, 2.05) is 0 Å². The van der Waals surface area contributed by atoms with Crippen LogP contribution >= 0.6 is 7.60 Å². The highest BCUT2D eigenvalue weighted by Gasteiger charge is 2.10. The Balaban J connectivity index is 3.02. The van der Waals surface area contributed by atoms with Crippen LogP contribution in [0.15, 0.2) is 0 Å². The first kappa shape index (κ1) is 15.1. The van der Waals surface area contributed by atoms with Gasteiger partial charge in [-0.3, -0.25) is 4.57 Å². The lowest BCUT2D eigenvalue weighted by atomic mass is 10.1. The van der Waals surface area contributed by atoms with E-state index in [9.17, 15) is 4.57 Å². The molecule has 0 atom stereocenters. The highest BCUT2D eigenvalue weighted by molar-refractivity contribution is 7.51. The molecule has 0 amide bonds. The number of hydrogen-bond donors (Lipinski definition) is 2. The summed E-state index contributed by atoms with van der Waals surface area (Å²) in [6.45, 7) is 0.832. The molecule has 0 saturated carbocycles. The van der Waals surface area contributed by atoms with Gasteiger partial charge in [-0.05, 0) is 12.8 Å². The first-order chi connectivity index (χ1) is 7.06. The molecule has 0 heterocycles. The van der Waals surface area contributed by atoms with Gasteiger partial charge in [-0.25, -0.2) is 0 Å². The molecule has 15 heavy (non-hydrogen) atoms. The Morgan fingerprint density at radius 2 is 1.40 bits per heavy atom. The maximum Gasteiger partial charge on any atom is 0.325 e. The molecule has 0 radical (unpaired) electrons. The van der Waals surface area contributed by atoms with Crippen molar-refractivity contribution in [2.45, 2.75) is 44.9 Å². The molecule has 0 aromatic heterocycles. The molecule has 0 spiro atoms. The number of hydrogen-bond acceptors (Lipinski definition) is 2. The van der Waals surface area contributed by atoms with Crippen LogP contribution in [0.2, 0.25) is 0 Å². The lowest BCUT2D eigenvalue weighted by Gasteiger charge is -2.03. The Labute approximate surface area is 92.2 Å². The zero-order valence-electron chi connectivity index (χ0n) is 9.52. The van der Waals surface area contributed by atoms with E-state index in [1.54, 1.807) is 7.11 Å². The van der Waals surface area contributed by atoms with Gasteiger partial charge in [0.2, 0.25) is 0 Å². The zero-order valence-corrected chi connectivity index (χ0v) is 10.4. The van der Waals surface area contributed by atoms with Crippen molar-refractivity contribution in [3.05, 3.63) is 0 Å². The van der Waals surface area contributed by atoms with Crippen LogP contribution < -0.4 is 0 Å². The monoisotopic (exact) mass is 238 g/mol. The molecule has 0 fully saturated rings. The number of rotatable bonds is 10. The molecule has 2 N–H and O–H groups in total. The molecule has 0 aliphatic carbocycles. The predicted molar refractivity (Wildman–Crippen MR) is 61.1 cm³/mol. The van der Waals surface area contributed by atoms with Crippen molar-refractivity contribution >= 4 is 7.60 Å². The number of ether oxygens (including phenoxy) is 1. The quantitative estimate of drug-likeness (QED) is 0.453. The molecule has 0 unspecified atom stereocenters. The number of methoxy groups -OCH3 is 1. The molecule has 0 rings (SSSR count). The van der Waals surface area contributed by atoms with Crippen molar-refractivity contribution in [3.8, 4) is 0 Å². The summed E-state index contributed by atoms with van der Waals surface area (Å²) in [6.07, 6.45) is 7.33. The van der Waals surface area contributed by atoms with Crippen LogP contribution in [0.3, 0.4) is 0 Å². The summed E-state index contributed by atoms with van der Waals surface area (Å²) < 4.78 is 15.5. The Hall–Kier alpha value is 0.110. The van der Waals surface area contributed by atoms with Crippen molar-refractivity contribution in [2.75, 3.05) is 19.9 Å². The zero-order chi connectivity index (χ0) is 11.6. The van der Waals surface area contributed by atoms with Crippen molar-refractivity contribution in [3.63, 3.8) is 0 Å². The van der Waals surface area contributed by atoms with Gasteiger partial charge in [0.25, 0.3) is 0 Å². The highest BCUT2D eigenvalue weighted by atomic mass is 31.2. The molecular formula is C10H23O4P. The third-order valence-corrected chi connectivity index (χ3v) is 3.20. The summed E-state index contributed by atoms with van der Waals surface area (Å²) in [4.78, 5) is 17.2. The molecule has 0 bridgehead atoms. The van der Waals surface area contributed by atoms with E-state index in [0.717, 1.165) is 32.3 Å². The second-order valence-electron chi connectivity index (χ2n) is 3.86. The molecule has 0 aromatic rings. The third kappa shape index (κ3) is 14.1. The van der Waals surface area contributed by atoms with E-state index in [1.165, 1.54) is 12.8 Å². The van der Waals surface area contributed by atoms with E-state index >= 15 is 0 Å². The average molecular weight is 238 g/mol. The summed E-state index contributed by atoms with van der Waals surface area (Å²) in [6, 6.07) is 0. The Kier molecular flexibility index (Phi) is 9.41. The van der Waals surface area contributed by atoms with Gasteiger partial charge in [-0.1, -0.05) is 32.1 Å². The maximum atomic E-state index is 10.5. The second-order valence-corrected chi connectivity index (χ2v) is 5.63. The minimum Gasteiger partial charge on any atom is -0.385 e. The lowest BCUT2D eigenvalue weighted by Crippen LogP contribution is -1.90. The summed E-state index contributed by atoms with van der Waals surface area (Å²) >= 11 is 0. The second kappa shape index (κ2) is 9.34. The smallest absolute Gasteiger partial charge is 0.325 e. The SMILES string of the molecule is COCCCCCCCCCP(=O)(O)O. The van der Waals surface area contributed by atoms with Crippen LogP contribution in [-0.4, -0.2) is 29.7 Å². The fraction of sp³-hybridized carbons (Fsp3) is 1.00. The molecular weight excluding hydrogens is 215 g/mol. The normalized spacial score (nSPS) is 11.9. The van der Waals surface area contributed by atoms with Crippen molar-refractivity contribution in [2.24, 2.45) is 0 Å². The molecule has 0 aliphatic rings. The minimum atomic E-state index is -3.75. The summed E-state index contributed by atoms with van der Waals surface area (Å²) in [5, 5.41) is 0. The molecule has 0 aliphatic heterocycles. The standard InChI is InChI=1S/C10H23O4P/c1-14-9-7-5-3-2-4-6-8-10-15(11,12)13/h2-10H2,1H3,(H2,11,12,13). The third-order valence-electron chi connectivity index (χ3n) is 2.30. The van der Waals surface area contributed by atoms with E-state index in [0.29, 0.717) is 6.42 Å². The van der Waals surface area contributed by atoms with Gasteiger partial charge >= 0.3 is 7.60 Å². The molecule has 0 aromatic carbocycles. The molecule has 0 saturated heterocycles. The summed E-state index contributed by atoms with van der Waals surface area (Å²) in [7, 11) is -2.04. The van der Waals surface area contributed by atoms with E-state index in [-0.39, 0.29) is 6.16 Å². The van der Waals surface area contributed by atoms with Crippen LogP contribution in [0.5, 0.6) is 0 Å². The van der Waals surface area contributed by atoms with Crippen LogP contribution in [0.4, 0.5) is 0 Å². The largest absolute Gasteiger partial charge is 0.385 e. The van der Waals surface area contributed by atoms with Gasteiger partial charge in [0, 0.05) is 19.9 Å². The fourth-order valence-electron chi connectivity index (χ4n) is 1.45. The first-order valence-electron chi connectivity index (χ1n) is 5.60. The van der Waals surface area contributed by atoms with Crippen LogP contribution in [0, 0.1) is 0 Å². The molecule has 4 nitrogen and oxygen atoms in total. The summed E-state index contributed by atoms with van der Waals surface area (Å²) in [5.74, 6) is 0. The molecule has 5 heteroatoms. The van der Waals surface area contributed by atoms with E-state index in [4.69, 9.17) is 14.5 Å². The fourth-order valence-corrected chi connectivity index (χ4v) is 2.08. The van der Waals surface area contributed by atoms with Crippen LogP contribution in [0.1, 0.15) is 44.9 Å². The highest BCUT2D eigenvalue weighted by Crippen LogP contribution is 2.35. The lowest BCUT2D eigenvalue weighted by molar-refractivity contribution is 0.192. The van der Waals surface area contributed by atoms with Crippen molar-refractivity contribution < 1.29 is 19.1 Å². The van der Waals surface area contributed by atoms with Crippen LogP contribution in [0.25, 0.3) is 0 Å². The van der Waals surface area contributed by atoms with E-state index in [2.05, 4.69) is 0 Å². The average Bonchev–Trinajstić information content (AvgIpc) is 2.14. The molecule has 92 valence electrons. The summed E-state index contributed by atoms with van der Waals surface area (Å²) in [5.41, 5.74) is 0. The van der Waals surface area contributed by atoms with Crippen molar-refractivity contribution in [1.82, 2.24) is 0 Å². The van der Waals surface area contributed by atoms with Crippen LogP contribution in [-0.2, 0) is 9.30 Å². The van der Waals surface area contributed by atoms with Gasteiger partial charge < -0.3 is 14.5 Å². The van der Waals surface area contributed by atoms with Gasteiger partial charge in [0.1, 0.15) is 0 Å². The van der Waals surface area contributed by atoms with Gasteiger partial charge in [-0.2, -0.15) is 0 Å². The Morgan fingerprint density at radius 3 is 1.87 bits per heavy atom. The first-order valence-corrected chi connectivity index (χ1v) is 7.39. The topological polar surface area (TPSA) is 66.8 Å². The van der Waals surface area contributed by atoms with Gasteiger partial charge in [-0.15, -0.1) is 0 Å². The van der Waals surface area contributed by atoms with Gasteiger partial charge in [0.15, 0.2) is 0 Å². The van der Waals surface area contributed by atoms with Gasteiger partial charge in [0.05, 0.1) is 0 Å². The minimum absolute atomic E-state index is 0.0384. The van der Waals surface area contributed by atoms with Crippen molar-refractivity contribution in [1.29, 1.82) is 0 Å². The van der Waals surface area contributed by atoms with E-state index < -0.39 is 7.60 Å². The Bertz CT molecular complexity index is 178. The predicted octanol–water partition coefficient (Wildman–Crippen LogP) is 2.54. The maximum absolute atomic E-state index is 10.5. The Morgan fingerprint density at radius 1 is 0.933 bits per heavy atom.